The van der Waals surface area contributed by atoms with Gasteiger partial charge in [-0.1, -0.05) is 26.8 Å². The molecule has 0 saturated heterocycles. The Morgan fingerprint density at radius 1 is 1.06 bits per heavy atom. The summed E-state index contributed by atoms with van der Waals surface area (Å²) in [7, 11) is 0. The van der Waals surface area contributed by atoms with Crippen molar-refractivity contribution in [3.8, 4) is 5.75 Å². The highest BCUT2D eigenvalue weighted by Crippen LogP contribution is 2.29. The maximum absolute atomic E-state index is 11.3. The largest absolute Gasteiger partial charge is 0.489 e. The van der Waals surface area contributed by atoms with Gasteiger partial charge in [-0.25, -0.2) is 9.59 Å². The summed E-state index contributed by atoms with van der Waals surface area (Å²) in [5.41, 5.74) is 1.01. The van der Waals surface area contributed by atoms with E-state index in [1.54, 1.807) is 11.3 Å². The Balaban J connectivity index is 2.05. The van der Waals surface area contributed by atoms with Gasteiger partial charge in [-0.15, -0.1) is 11.3 Å². The van der Waals surface area contributed by atoms with Crippen molar-refractivity contribution < 1.29 is 29.6 Å². The zero-order valence-corrected chi connectivity index (χ0v) is 19.0. The second kappa shape index (κ2) is 11.1. The van der Waals surface area contributed by atoms with Crippen molar-refractivity contribution in [1.29, 1.82) is 0 Å². The minimum absolute atomic E-state index is 0.254. The highest BCUT2D eigenvalue weighted by molar-refractivity contribution is 7.11. The molecule has 7 heteroatoms. The Hall–Kier alpha value is -2.64. The number of hydrogen-bond acceptors (Lipinski definition) is 5. The van der Waals surface area contributed by atoms with Crippen LogP contribution >= 0.6 is 11.3 Å². The molecule has 1 aromatic carbocycles. The van der Waals surface area contributed by atoms with Crippen LogP contribution in [0, 0.1) is 0 Å². The zero-order chi connectivity index (χ0) is 23.0. The third-order valence-corrected chi connectivity index (χ3v) is 6.58. The molecular weight excluding hydrogens is 416 g/mol. The normalized spacial score (nSPS) is 12.1. The fourth-order valence-corrected chi connectivity index (χ4v) is 4.31. The molecule has 1 heterocycles. The summed E-state index contributed by atoms with van der Waals surface area (Å²) in [6.45, 7) is 6.37. The Labute approximate surface area is 186 Å². The summed E-state index contributed by atoms with van der Waals surface area (Å²) in [6, 6.07) is 5.99. The molecule has 0 aliphatic rings. The lowest BCUT2D eigenvalue weighted by Crippen LogP contribution is -2.25. The molecule has 0 spiro atoms. The van der Waals surface area contributed by atoms with E-state index in [-0.39, 0.29) is 17.7 Å². The zero-order valence-electron chi connectivity index (χ0n) is 18.2. The number of benzene rings is 1. The van der Waals surface area contributed by atoms with E-state index in [1.807, 2.05) is 19.2 Å². The van der Waals surface area contributed by atoms with E-state index in [2.05, 4.69) is 19.1 Å². The fraction of sp³-hybridized carbons (Fsp3) is 0.417. The number of ether oxygens (including phenoxy) is 1. The first-order valence-electron chi connectivity index (χ1n) is 10.5. The molecule has 0 saturated carbocycles. The van der Waals surface area contributed by atoms with E-state index >= 15 is 0 Å². The number of carboxylic acid groups (broad SMARTS) is 2. The topological polar surface area (TPSA) is 104 Å². The van der Waals surface area contributed by atoms with Crippen LogP contribution in [0.5, 0.6) is 5.75 Å². The summed E-state index contributed by atoms with van der Waals surface area (Å²) in [5, 5.41) is 30.8. The molecule has 0 radical (unpaired) electrons. The van der Waals surface area contributed by atoms with Crippen LogP contribution in [0.4, 0.5) is 0 Å². The van der Waals surface area contributed by atoms with Gasteiger partial charge in [-0.2, -0.15) is 0 Å². The lowest BCUT2D eigenvalue weighted by molar-refractivity contribution is 0.0246. The summed E-state index contributed by atoms with van der Waals surface area (Å²) in [5.74, 6) is -2.29. The van der Waals surface area contributed by atoms with E-state index in [9.17, 15) is 19.8 Å². The van der Waals surface area contributed by atoms with Gasteiger partial charge in [0.2, 0.25) is 0 Å². The van der Waals surface area contributed by atoms with E-state index in [0.717, 1.165) is 42.5 Å². The van der Waals surface area contributed by atoms with Gasteiger partial charge in [0.05, 0.1) is 16.7 Å². The molecule has 3 N–H and O–H groups in total. The highest BCUT2D eigenvalue weighted by Gasteiger charge is 2.21. The number of allylic oxidation sites excluding steroid dienone is 2. The summed E-state index contributed by atoms with van der Waals surface area (Å²) < 4.78 is 5.70. The standard InChI is InChI=1S/C24H30O6S/c1-4-17(8-7-11-24(29,5-2)6-3)21-12-16(15-31-21)14-30-18-9-10-19(22(25)26)20(13-18)23(27)28/h8-10,12-13,15,29H,4-7,11,14H2,1-3H3,(H,25,26)(H,27,28). The van der Waals surface area contributed by atoms with Gasteiger partial charge in [-0.3, -0.25) is 0 Å². The van der Waals surface area contributed by atoms with Crippen LogP contribution in [0.2, 0.25) is 0 Å². The van der Waals surface area contributed by atoms with Crippen LogP contribution in [0.25, 0.3) is 5.57 Å². The molecule has 0 bridgehead atoms. The molecule has 0 atom stereocenters. The SMILES string of the molecule is CCC(=CCCC(O)(CC)CC)c1cc(COc2ccc(C(=O)O)c(C(=O)O)c2)cs1. The first-order valence-corrected chi connectivity index (χ1v) is 11.3. The molecule has 0 fully saturated rings. The van der Waals surface area contributed by atoms with Gasteiger partial charge in [0.25, 0.3) is 0 Å². The van der Waals surface area contributed by atoms with E-state index < -0.39 is 17.5 Å². The maximum Gasteiger partial charge on any atom is 0.336 e. The molecule has 0 aliphatic carbocycles. The van der Waals surface area contributed by atoms with Crippen LogP contribution in [0.15, 0.2) is 35.7 Å². The molecule has 2 rings (SSSR count). The first kappa shape index (κ1) is 24.6. The molecule has 6 nitrogen and oxygen atoms in total. The van der Waals surface area contributed by atoms with E-state index in [1.165, 1.54) is 23.8 Å². The maximum atomic E-state index is 11.3. The van der Waals surface area contributed by atoms with Crippen LogP contribution in [0.1, 0.15) is 84.0 Å². The summed E-state index contributed by atoms with van der Waals surface area (Å²) >= 11 is 1.62. The molecule has 1 aromatic heterocycles. The number of hydrogen-bond donors (Lipinski definition) is 3. The molecule has 168 valence electrons. The second-order valence-corrected chi connectivity index (χ2v) is 8.39. The van der Waals surface area contributed by atoms with Gasteiger partial charge < -0.3 is 20.1 Å². The minimum atomic E-state index is -1.31. The Morgan fingerprint density at radius 2 is 1.74 bits per heavy atom. The predicted octanol–water partition coefficient (Wildman–Crippen LogP) is 5.85. The third-order valence-electron chi connectivity index (χ3n) is 5.53. The monoisotopic (exact) mass is 446 g/mol. The lowest BCUT2D eigenvalue weighted by atomic mass is 9.91. The van der Waals surface area contributed by atoms with Gasteiger partial charge >= 0.3 is 11.9 Å². The second-order valence-electron chi connectivity index (χ2n) is 7.48. The number of aliphatic hydroxyl groups is 1. The number of aromatic carboxylic acids is 2. The summed E-state index contributed by atoms with van der Waals surface area (Å²) in [4.78, 5) is 23.6. The molecule has 31 heavy (non-hydrogen) atoms. The first-order chi connectivity index (χ1) is 14.7. The quantitative estimate of drug-likeness (QED) is 0.378. The van der Waals surface area contributed by atoms with Crippen molar-refractivity contribution >= 4 is 28.8 Å². The Kier molecular flexibility index (Phi) is 8.83. The summed E-state index contributed by atoms with van der Waals surface area (Å²) in [6.07, 6.45) is 6.13. The molecule has 0 aliphatic heterocycles. The Morgan fingerprint density at radius 3 is 2.32 bits per heavy atom. The van der Waals surface area contributed by atoms with Gasteiger partial charge in [0, 0.05) is 10.4 Å². The van der Waals surface area contributed by atoms with Crippen LogP contribution in [-0.4, -0.2) is 32.9 Å². The van der Waals surface area contributed by atoms with Crippen molar-refractivity contribution in [2.45, 2.75) is 65.1 Å². The van der Waals surface area contributed by atoms with Crippen LogP contribution < -0.4 is 4.74 Å². The average Bonchev–Trinajstić information content (AvgIpc) is 3.23. The van der Waals surface area contributed by atoms with Crippen molar-refractivity contribution in [2.75, 3.05) is 0 Å². The van der Waals surface area contributed by atoms with Gasteiger partial charge in [-0.05, 0) is 67.3 Å². The van der Waals surface area contributed by atoms with Crippen molar-refractivity contribution in [1.82, 2.24) is 0 Å². The molecule has 0 amide bonds. The van der Waals surface area contributed by atoms with E-state index in [4.69, 9.17) is 9.84 Å². The third kappa shape index (κ3) is 6.67. The van der Waals surface area contributed by atoms with Gasteiger partial charge in [0.15, 0.2) is 0 Å². The van der Waals surface area contributed by atoms with Crippen molar-refractivity contribution in [3.63, 3.8) is 0 Å². The highest BCUT2D eigenvalue weighted by atomic mass is 32.1. The molecule has 2 aromatic rings. The van der Waals surface area contributed by atoms with Crippen LogP contribution in [0.3, 0.4) is 0 Å². The number of thiophene rings is 1. The number of rotatable bonds is 12. The minimum Gasteiger partial charge on any atom is -0.489 e. The molecule has 0 unspecified atom stereocenters. The predicted molar refractivity (Wildman–Crippen MR) is 122 cm³/mol. The number of carbonyl (C=O) groups is 2. The van der Waals surface area contributed by atoms with Crippen molar-refractivity contribution in [3.05, 3.63) is 57.3 Å². The van der Waals surface area contributed by atoms with E-state index in [0.29, 0.717) is 5.75 Å². The molecular formula is C24H30O6S. The lowest BCUT2D eigenvalue weighted by Gasteiger charge is -2.24. The smallest absolute Gasteiger partial charge is 0.336 e. The fourth-order valence-electron chi connectivity index (χ4n) is 3.30. The van der Waals surface area contributed by atoms with Crippen LogP contribution in [-0.2, 0) is 6.61 Å². The van der Waals surface area contributed by atoms with Gasteiger partial charge in [0.1, 0.15) is 12.4 Å². The average molecular weight is 447 g/mol. The Bertz CT molecular complexity index is 939. The number of carboxylic acids is 2. The van der Waals surface area contributed by atoms with Crippen molar-refractivity contribution in [2.24, 2.45) is 0 Å².